The van der Waals surface area contributed by atoms with Crippen molar-refractivity contribution >= 4 is 34.4 Å². The Hall–Kier alpha value is -3.33. The fraction of sp³-hybridized carbons (Fsp3) is 0.238. The first kappa shape index (κ1) is 22.4. The molecular weight excluding hydrogens is 432 g/mol. The number of rotatable bonds is 7. The van der Waals surface area contributed by atoms with Gasteiger partial charge in [0, 0.05) is 12.0 Å². The number of nitrogens with one attached hydrogen (secondary N) is 1. The standard InChI is InChI=1S/C21H18ClF2N3O4/c1-11(19-14(23)6-3-7-15(19)24)25-17(28)10-27-16(8-9-18(29)30)26-20-12(21(27)31)4-2-5-13(20)22/h2-7,11H,8-10H2,1H3,(H,25,28)(H,29,30). The molecule has 162 valence electrons. The maximum Gasteiger partial charge on any atom is 0.303 e. The molecule has 0 aliphatic carbocycles. The monoisotopic (exact) mass is 449 g/mol. The molecule has 1 amide bonds. The molecule has 0 radical (unpaired) electrons. The van der Waals surface area contributed by atoms with Crippen LogP contribution in [-0.4, -0.2) is 26.5 Å². The number of hydrogen-bond acceptors (Lipinski definition) is 4. The number of benzene rings is 2. The van der Waals surface area contributed by atoms with E-state index < -0.39 is 41.7 Å². The van der Waals surface area contributed by atoms with Gasteiger partial charge in [0.25, 0.3) is 5.56 Å². The average molecular weight is 450 g/mol. The van der Waals surface area contributed by atoms with E-state index in [1.165, 1.54) is 19.1 Å². The molecule has 0 saturated carbocycles. The van der Waals surface area contributed by atoms with Gasteiger partial charge in [0.05, 0.1) is 28.4 Å². The van der Waals surface area contributed by atoms with Gasteiger partial charge in [-0.25, -0.2) is 13.8 Å². The maximum absolute atomic E-state index is 14.0. The third-order valence-electron chi connectivity index (χ3n) is 4.69. The van der Waals surface area contributed by atoms with Crippen molar-refractivity contribution in [3.8, 4) is 0 Å². The number of halogens is 3. The summed E-state index contributed by atoms with van der Waals surface area (Å²) in [6.45, 7) is 0.898. The molecule has 0 spiro atoms. The van der Waals surface area contributed by atoms with Gasteiger partial charge in [0.2, 0.25) is 5.91 Å². The van der Waals surface area contributed by atoms with Gasteiger partial charge in [-0.05, 0) is 31.2 Å². The molecule has 2 aromatic carbocycles. The van der Waals surface area contributed by atoms with E-state index in [1.54, 1.807) is 12.1 Å². The molecule has 0 saturated heterocycles. The smallest absolute Gasteiger partial charge is 0.303 e. The van der Waals surface area contributed by atoms with E-state index in [2.05, 4.69) is 10.3 Å². The predicted molar refractivity (Wildman–Crippen MR) is 110 cm³/mol. The highest BCUT2D eigenvalue weighted by molar-refractivity contribution is 6.34. The molecule has 0 bridgehead atoms. The third-order valence-corrected chi connectivity index (χ3v) is 4.99. The summed E-state index contributed by atoms with van der Waals surface area (Å²) in [7, 11) is 0. The number of aromatic nitrogens is 2. The number of para-hydroxylation sites is 1. The Morgan fingerprint density at radius 1 is 1.19 bits per heavy atom. The Bertz CT molecular complexity index is 1210. The van der Waals surface area contributed by atoms with Crippen LogP contribution < -0.4 is 10.9 Å². The van der Waals surface area contributed by atoms with Crippen molar-refractivity contribution in [2.45, 2.75) is 32.4 Å². The lowest BCUT2D eigenvalue weighted by Crippen LogP contribution is -2.36. The van der Waals surface area contributed by atoms with Crippen LogP contribution in [0.3, 0.4) is 0 Å². The first-order valence-electron chi connectivity index (χ1n) is 9.32. The first-order chi connectivity index (χ1) is 14.7. The van der Waals surface area contributed by atoms with Gasteiger partial charge in [-0.2, -0.15) is 0 Å². The van der Waals surface area contributed by atoms with Crippen LogP contribution in [0, 0.1) is 11.6 Å². The Balaban J connectivity index is 1.94. The van der Waals surface area contributed by atoms with Crippen molar-refractivity contribution < 1.29 is 23.5 Å². The number of carboxylic acid groups (broad SMARTS) is 1. The Kier molecular flexibility index (Phi) is 6.65. The summed E-state index contributed by atoms with van der Waals surface area (Å²) >= 11 is 6.11. The summed E-state index contributed by atoms with van der Waals surface area (Å²) in [5.74, 6) is -3.36. The quantitative estimate of drug-likeness (QED) is 0.576. The molecule has 1 unspecified atom stereocenters. The van der Waals surface area contributed by atoms with Crippen molar-refractivity contribution in [2.24, 2.45) is 0 Å². The Morgan fingerprint density at radius 3 is 2.48 bits per heavy atom. The van der Waals surface area contributed by atoms with Gasteiger partial charge in [-0.1, -0.05) is 23.7 Å². The fourth-order valence-corrected chi connectivity index (χ4v) is 3.47. The van der Waals surface area contributed by atoms with Crippen molar-refractivity contribution in [1.82, 2.24) is 14.9 Å². The zero-order chi connectivity index (χ0) is 22.7. The average Bonchev–Trinajstić information content (AvgIpc) is 2.69. The van der Waals surface area contributed by atoms with E-state index in [4.69, 9.17) is 16.7 Å². The molecule has 1 heterocycles. The van der Waals surface area contributed by atoms with Gasteiger partial charge in [-0.15, -0.1) is 0 Å². The normalized spacial score (nSPS) is 12.0. The van der Waals surface area contributed by atoms with E-state index >= 15 is 0 Å². The van der Waals surface area contributed by atoms with Crippen LogP contribution in [0.1, 0.15) is 30.8 Å². The molecular formula is C21H18ClF2N3O4. The van der Waals surface area contributed by atoms with Crippen LogP contribution in [0.25, 0.3) is 10.9 Å². The highest BCUT2D eigenvalue weighted by Crippen LogP contribution is 2.21. The molecule has 1 atom stereocenters. The lowest BCUT2D eigenvalue weighted by molar-refractivity contribution is -0.137. The summed E-state index contributed by atoms with van der Waals surface area (Å²) in [6, 6.07) is 6.94. The number of aryl methyl sites for hydroxylation is 1. The summed E-state index contributed by atoms with van der Waals surface area (Å²) in [6.07, 6.45) is -0.433. The second kappa shape index (κ2) is 9.22. The van der Waals surface area contributed by atoms with E-state index in [0.29, 0.717) is 0 Å². The number of amides is 1. The number of hydrogen-bond donors (Lipinski definition) is 2. The summed E-state index contributed by atoms with van der Waals surface area (Å²) in [5, 5.41) is 11.8. The molecule has 0 fully saturated rings. The lowest BCUT2D eigenvalue weighted by atomic mass is 10.1. The van der Waals surface area contributed by atoms with Gasteiger partial charge >= 0.3 is 5.97 Å². The Morgan fingerprint density at radius 2 is 1.84 bits per heavy atom. The van der Waals surface area contributed by atoms with E-state index in [-0.39, 0.29) is 40.2 Å². The maximum atomic E-state index is 14.0. The van der Waals surface area contributed by atoms with Crippen LogP contribution >= 0.6 is 11.6 Å². The number of carbonyl (C=O) groups is 2. The molecule has 2 N–H and O–H groups in total. The number of carbonyl (C=O) groups excluding carboxylic acids is 1. The Labute approximate surface area is 180 Å². The van der Waals surface area contributed by atoms with Gasteiger partial charge in [0.15, 0.2) is 0 Å². The van der Waals surface area contributed by atoms with Crippen LogP contribution in [-0.2, 0) is 22.6 Å². The van der Waals surface area contributed by atoms with Crippen LogP contribution in [0.2, 0.25) is 5.02 Å². The largest absolute Gasteiger partial charge is 0.481 e. The number of carboxylic acids is 1. The molecule has 0 aliphatic heterocycles. The lowest BCUT2D eigenvalue weighted by Gasteiger charge is -2.18. The first-order valence-corrected chi connectivity index (χ1v) is 9.69. The third kappa shape index (κ3) is 4.88. The van der Waals surface area contributed by atoms with E-state index in [9.17, 15) is 23.2 Å². The van der Waals surface area contributed by atoms with Crippen molar-refractivity contribution in [3.63, 3.8) is 0 Å². The van der Waals surface area contributed by atoms with Crippen LogP contribution in [0.4, 0.5) is 8.78 Å². The molecule has 0 aliphatic rings. The van der Waals surface area contributed by atoms with Crippen molar-refractivity contribution in [2.75, 3.05) is 0 Å². The molecule has 1 aromatic heterocycles. The number of nitrogens with zero attached hydrogens (tertiary/aromatic N) is 2. The molecule has 3 aromatic rings. The number of fused-ring (bicyclic) bond motifs is 1. The van der Waals surface area contributed by atoms with Gasteiger partial charge < -0.3 is 10.4 Å². The minimum absolute atomic E-state index is 0.0628. The summed E-state index contributed by atoms with van der Waals surface area (Å²) < 4.78 is 29.0. The predicted octanol–water partition coefficient (Wildman–Crippen LogP) is 3.22. The summed E-state index contributed by atoms with van der Waals surface area (Å²) in [5.41, 5.74) is -0.682. The van der Waals surface area contributed by atoms with Crippen molar-refractivity contribution in [3.05, 3.63) is 74.8 Å². The van der Waals surface area contributed by atoms with Crippen molar-refractivity contribution in [1.29, 1.82) is 0 Å². The van der Waals surface area contributed by atoms with Gasteiger partial charge in [-0.3, -0.25) is 19.0 Å². The minimum Gasteiger partial charge on any atom is -0.481 e. The highest BCUT2D eigenvalue weighted by Gasteiger charge is 2.20. The second-order valence-electron chi connectivity index (χ2n) is 6.87. The minimum atomic E-state index is -1.10. The topological polar surface area (TPSA) is 101 Å². The molecule has 31 heavy (non-hydrogen) atoms. The highest BCUT2D eigenvalue weighted by atomic mass is 35.5. The molecule has 7 nitrogen and oxygen atoms in total. The van der Waals surface area contributed by atoms with Crippen LogP contribution in [0.5, 0.6) is 0 Å². The van der Waals surface area contributed by atoms with Crippen LogP contribution in [0.15, 0.2) is 41.2 Å². The van der Waals surface area contributed by atoms with Gasteiger partial charge in [0.1, 0.15) is 24.0 Å². The molecule has 10 heteroatoms. The fourth-order valence-electron chi connectivity index (χ4n) is 3.25. The SMILES string of the molecule is CC(NC(=O)Cn1c(CCC(=O)O)nc2c(Cl)cccc2c1=O)c1c(F)cccc1F. The van der Waals surface area contributed by atoms with E-state index in [1.807, 2.05) is 0 Å². The molecule has 3 rings (SSSR count). The summed E-state index contributed by atoms with van der Waals surface area (Å²) in [4.78, 5) is 40.8. The second-order valence-corrected chi connectivity index (χ2v) is 7.28. The zero-order valence-corrected chi connectivity index (χ0v) is 17.1. The zero-order valence-electron chi connectivity index (χ0n) is 16.4. The van der Waals surface area contributed by atoms with E-state index in [0.717, 1.165) is 16.7 Å². The number of aliphatic carboxylic acids is 1.